The summed E-state index contributed by atoms with van der Waals surface area (Å²) in [5, 5.41) is 9.09. The minimum Gasteiger partial charge on any atom is -0.453 e. The van der Waals surface area contributed by atoms with E-state index in [0.717, 1.165) is 17.0 Å². The Kier molecular flexibility index (Phi) is 4.79. The molecule has 1 aromatic carbocycles. The predicted molar refractivity (Wildman–Crippen MR) is 94.9 cm³/mol. The Bertz CT molecular complexity index is 931. The standard InChI is InChI=1S/C20H20N2O5/c1-25-18(13-5-3-2-4-6-13)19-21-15-11-22(10-9-16(15)27-19)20(24)17-8-7-14(12-23)26-17/h2-8,18,23H,9-12H2,1H3. The predicted octanol–water partition coefficient (Wildman–Crippen LogP) is 2.69. The Balaban J connectivity index is 1.54. The summed E-state index contributed by atoms with van der Waals surface area (Å²) in [6.07, 6.45) is 0.186. The van der Waals surface area contributed by atoms with E-state index in [1.165, 1.54) is 0 Å². The summed E-state index contributed by atoms with van der Waals surface area (Å²) < 4.78 is 16.9. The van der Waals surface area contributed by atoms with E-state index in [0.29, 0.717) is 31.2 Å². The Labute approximate surface area is 156 Å². The van der Waals surface area contributed by atoms with E-state index in [9.17, 15) is 4.79 Å². The molecule has 140 valence electrons. The molecule has 0 radical (unpaired) electrons. The number of ether oxygens (including phenoxy) is 1. The number of oxazole rings is 1. The fourth-order valence-electron chi connectivity index (χ4n) is 3.24. The van der Waals surface area contributed by atoms with Gasteiger partial charge in [0.2, 0.25) is 5.89 Å². The highest BCUT2D eigenvalue weighted by molar-refractivity contribution is 5.91. The van der Waals surface area contributed by atoms with E-state index < -0.39 is 6.10 Å². The van der Waals surface area contributed by atoms with Gasteiger partial charge in [-0.3, -0.25) is 4.79 Å². The molecule has 4 rings (SSSR count). The van der Waals surface area contributed by atoms with Gasteiger partial charge < -0.3 is 23.6 Å². The first-order chi connectivity index (χ1) is 13.2. The zero-order chi connectivity index (χ0) is 18.8. The van der Waals surface area contributed by atoms with Crippen molar-refractivity contribution in [2.75, 3.05) is 13.7 Å². The molecule has 1 atom stereocenters. The van der Waals surface area contributed by atoms with Gasteiger partial charge in [0.1, 0.15) is 23.8 Å². The lowest BCUT2D eigenvalue weighted by atomic mass is 10.1. The van der Waals surface area contributed by atoms with Crippen LogP contribution in [0.4, 0.5) is 0 Å². The highest BCUT2D eigenvalue weighted by Gasteiger charge is 2.30. The molecule has 0 fully saturated rings. The molecule has 7 heteroatoms. The van der Waals surface area contributed by atoms with Crippen LogP contribution in [0, 0.1) is 0 Å². The molecule has 3 heterocycles. The summed E-state index contributed by atoms with van der Waals surface area (Å²) in [7, 11) is 1.62. The quantitative estimate of drug-likeness (QED) is 0.745. The van der Waals surface area contributed by atoms with Crippen molar-refractivity contribution < 1.29 is 23.5 Å². The van der Waals surface area contributed by atoms with Gasteiger partial charge in [-0.2, -0.15) is 0 Å². The van der Waals surface area contributed by atoms with Crippen molar-refractivity contribution in [1.29, 1.82) is 0 Å². The number of methoxy groups -OCH3 is 1. The first-order valence-electron chi connectivity index (χ1n) is 8.74. The summed E-state index contributed by atoms with van der Waals surface area (Å²) in [6.45, 7) is 0.624. The number of furan rings is 1. The van der Waals surface area contributed by atoms with Crippen molar-refractivity contribution >= 4 is 5.91 Å². The van der Waals surface area contributed by atoms with E-state index in [1.54, 1.807) is 24.1 Å². The van der Waals surface area contributed by atoms with E-state index in [-0.39, 0.29) is 18.3 Å². The molecule has 0 saturated carbocycles. The van der Waals surface area contributed by atoms with Crippen molar-refractivity contribution in [3.8, 4) is 0 Å². The number of hydrogen-bond acceptors (Lipinski definition) is 6. The second kappa shape index (κ2) is 7.38. The van der Waals surface area contributed by atoms with E-state index >= 15 is 0 Å². The maximum Gasteiger partial charge on any atom is 0.289 e. The average Bonchev–Trinajstić information content (AvgIpc) is 3.35. The van der Waals surface area contributed by atoms with Crippen LogP contribution in [0.2, 0.25) is 0 Å². The number of aliphatic hydroxyl groups is 1. The molecule has 1 N–H and O–H groups in total. The lowest BCUT2D eigenvalue weighted by molar-refractivity contribution is 0.0690. The molecule has 0 aliphatic carbocycles. The molecular formula is C20H20N2O5. The van der Waals surface area contributed by atoms with Crippen LogP contribution < -0.4 is 0 Å². The number of rotatable bonds is 5. The van der Waals surface area contributed by atoms with Crippen LogP contribution in [0.25, 0.3) is 0 Å². The third kappa shape index (κ3) is 3.39. The molecule has 1 unspecified atom stereocenters. The highest BCUT2D eigenvalue weighted by Crippen LogP contribution is 2.29. The summed E-state index contributed by atoms with van der Waals surface area (Å²) in [6, 6.07) is 12.9. The van der Waals surface area contributed by atoms with Gasteiger partial charge in [0.15, 0.2) is 11.9 Å². The SMILES string of the molecule is COC(c1ccccc1)c1nc2c(o1)CCN(C(=O)c1ccc(CO)o1)C2. The largest absolute Gasteiger partial charge is 0.453 e. The van der Waals surface area contributed by atoms with Crippen molar-refractivity contribution in [3.05, 3.63) is 76.9 Å². The van der Waals surface area contributed by atoms with Crippen molar-refractivity contribution in [1.82, 2.24) is 9.88 Å². The van der Waals surface area contributed by atoms with Gasteiger partial charge >= 0.3 is 0 Å². The maximum atomic E-state index is 12.6. The van der Waals surface area contributed by atoms with Gasteiger partial charge in [0.25, 0.3) is 5.91 Å². The van der Waals surface area contributed by atoms with E-state index in [4.69, 9.17) is 18.7 Å². The van der Waals surface area contributed by atoms with Crippen LogP contribution in [0.1, 0.15) is 45.3 Å². The highest BCUT2D eigenvalue weighted by atomic mass is 16.5. The minimum absolute atomic E-state index is 0.213. The molecular weight excluding hydrogens is 348 g/mol. The molecule has 0 spiro atoms. The molecule has 1 aliphatic rings. The Morgan fingerprint density at radius 1 is 1.26 bits per heavy atom. The van der Waals surface area contributed by atoms with Gasteiger partial charge in [0, 0.05) is 20.1 Å². The number of hydrogen-bond donors (Lipinski definition) is 1. The minimum atomic E-state index is -0.391. The maximum absolute atomic E-state index is 12.6. The zero-order valence-electron chi connectivity index (χ0n) is 14.9. The summed E-state index contributed by atoms with van der Waals surface area (Å²) in [4.78, 5) is 18.9. The molecule has 7 nitrogen and oxygen atoms in total. The first-order valence-corrected chi connectivity index (χ1v) is 8.74. The number of aliphatic hydroxyl groups excluding tert-OH is 1. The van der Waals surface area contributed by atoms with Gasteiger partial charge in [-0.15, -0.1) is 0 Å². The van der Waals surface area contributed by atoms with Gasteiger partial charge in [0.05, 0.1) is 6.54 Å². The lowest BCUT2D eigenvalue weighted by Gasteiger charge is -2.24. The number of nitrogens with zero attached hydrogens (tertiary/aromatic N) is 2. The number of amides is 1. The fraction of sp³-hybridized carbons (Fsp3) is 0.300. The Morgan fingerprint density at radius 3 is 2.78 bits per heavy atom. The van der Waals surface area contributed by atoms with E-state index in [2.05, 4.69) is 4.98 Å². The normalized spacial score (nSPS) is 14.8. The van der Waals surface area contributed by atoms with Crippen molar-refractivity contribution in [2.24, 2.45) is 0 Å². The second-order valence-electron chi connectivity index (χ2n) is 6.35. The van der Waals surface area contributed by atoms with E-state index in [1.807, 2.05) is 30.3 Å². The third-order valence-electron chi connectivity index (χ3n) is 4.62. The van der Waals surface area contributed by atoms with Crippen LogP contribution in [-0.2, 0) is 24.3 Å². The number of fused-ring (bicyclic) bond motifs is 1. The van der Waals surface area contributed by atoms with Gasteiger partial charge in [-0.05, 0) is 17.7 Å². The topological polar surface area (TPSA) is 88.9 Å². The summed E-state index contributed by atoms with van der Waals surface area (Å²) >= 11 is 0. The number of carbonyl (C=O) groups is 1. The Morgan fingerprint density at radius 2 is 2.07 bits per heavy atom. The van der Waals surface area contributed by atoms with Crippen LogP contribution in [-0.4, -0.2) is 34.6 Å². The number of carbonyl (C=O) groups excluding carboxylic acids is 1. The van der Waals surface area contributed by atoms with Gasteiger partial charge in [-0.1, -0.05) is 30.3 Å². The molecule has 1 amide bonds. The molecule has 1 aliphatic heterocycles. The van der Waals surface area contributed by atoms with Crippen LogP contribution >= 0.6 is 0 Å². The van der Waals surface area contributed by atoms with Crippen molar-refractivity contribution in [2.45, 2.75) is 25.7 Å². The monoisotopic (exact) mass is 368 g/mol. The fourth-order valence-corrected chi connectivity index (χ4v) is 3.24. The summed E-state index contributed by atoms with van der Waals surface area (Å²) in [5.74, 6) is 1.62. The molecule has 27 heavy (non-hydrogen) atoms. The molecule has 2 aromatic heterocycles. The van der Waals surface area contributed by atoms with Crippen LogP contribution in [0.3, 0.4) is 0 Å². The van der Waals surface area contributed by atoms with Crippen LogP contribution in [0.5, 0.6) is 0 Å². The van der Waals surface area contributed by atoms with Gasteiger partial charge in [-0.25, -0.2) is 4.98 Å². The lowest BCUT2D eigenvalue weighted by Crippen LogP contribution is -2.35. The number of aromatic nitrogens is 1. The third-order valence-corrected chi connectivity index (χ3v) is 4.62. The first kappa shape index (κ1) is 17.5. The molecule has 3 aromatic rings. The molecule has 0 bridgehead atoms. The zero-order valence-corrected chi connectivity index (χ0v) is 14.9. The Hall–Kier alpha value is -2.90. The smallest absolute Gasteiger partial charge is 0.289 e. The summed E-state index contributed by atoms with van der Waals surface area (Å²) in [5.41, 5.74) is 1.69. The van der Waals surface area contributed by atoms with Crippen LogP contribution in [0.15, 0.2) is 51.3 Å². The second-order valence-corrected chi connectivity index (χ2v) is 6.35. The average molecular weight is 368 g/mol. The number of benzene rings is 1. The molecule has 0 saturated heterocycles. The van der Waals surface area contributed by atoms with Crippen molar-refractivity contribution in [3.63, 3.8) is 0 Å².